The van der Waals surface area contributed by atoms with Crippen molar-refractivity contribution >= 4 is 5.91 Å². The number of nitrogens with one attached hydrogen (secondary N) is 2. The number of carbonyl (C=O) groups excluding carboxylic acids is 1. The Bertz CT molecular complexity index is 272. The van der Waals surface area contributed by atoms with Crippen LogP contribution in [0.1, 0.15) is 20.3 Å². The van der Waals surface area contributed by atoms with Gasteiger partial charge in [0.2, 0.25) is 5.91 Å². The monoisotopic (exact) mass is 223 g/mol. The lowest BCUT2D eigenvalue weighted by Crippen LogP contribution is -2.60. The van der Waals surface area contributed by atoms with E-state index in [1.807, 2.05) is 6.92 Å². The Kier molecular flexibility index (Phi) is 5.30. The largest absolute Gasteiger partial charge is 0.355 e. The molecule has 90 valence electrons. The zero-order valence-corrected chi connectivity index (χ0v) is 10.1. The normalized spacial score (nSPS) is 23.4. The number of carbonyl (C=O) groups is 1. The van der Waals surface area contributed by atoms with E-state index in [0.717, 1.165) is 19.5 Å². The Labute approximate surface area is 97.8 Å². The molecule has 2 N–H and O–H groups in total. The first kappa shape index (κ1) is 13.0. The standard InChI is InChI=1S/C12H21N3O/c1-4-10(5-2)15-8-7-13-9-11(15)12(16)14-6-3/h1,10-11,13H,5-9H2,2-3H3,(H,14,16). The summed E-state index contributed by atoms with van der Waals surface area (Å²) in [6.45, 7) is 7.07. The number of rotatable bonds is 4. The van der Waals surface area contributed by atoms with Crippen LogP contribution >= 0.6 is 0 Å². The van der Waals surface area contributed by atoms with Crippen molar-refractivity contribution < 1.29 is 4.79 Å². The number of nitrogens with zero attached hydrogens (tertiary/aromatic N) is 1. The molecule has 0 aromatic carbocycles. The van der Waals surface area contributed by atoms with Gasteiger partial charge in [0, 0.05) is 26.2 Å². The van der Waals surface area contributed by atoms with E-state index in [1.54, 1.807) is 0 Å². The third kappa shape index (κ3) is 2.97. The van der Waals surface area contributed by atoms with Crippen LogP contribution in [0, 0.1) is 12.3 Å². The summed E-state index contributed by atoms with van der Waals surface area (Å²) in [5.41, 5.74) is 0. The van der Waals surface area contributed by atoms with E-state index >= 15 is 0 Å². The third-order valence-electron chi connectivity index (χ3n) is 2.92. The first-order valence-electron chi connectivity index (χ1n) is 5.94. The van der Waals surface area contributed by atoms with E-state index in [9.17, 15) is 4.79 Å². The molecule has 0 saturated carbocycles. The maximum absolute atomic E-state index is 11.9. The molecule has 0 aliphatic carbocycles. The Morgan fingerprint density at radius 1 is 1.69 bits per heavy atom. The highest BCUT2D eigenvalue weighted by atomic mass is 16.2. The van der Waals surface area contributed by atoms with Crippen LogP contribution in [0.4, 0.5) is 0 Å². The van der Waals surface area contributed by atoms with Crippen molar-refractivity contribution in [3.63, 3.8) is 0 Å². The van der Waals surface area contributed by atoms with Crippen LogP contribution in [0.3, 0.4) is 0 Å². The first-order valence-corrected chi connectivity index (χ1v) is 5.94. The molecule has 1 heterocycles. The topological polar surface area (TPSA) is 44.4 Å². The van der Waals surface area contributed by atoms with Crippen LogP contribution in [0.25, 0.3) is 0 Å². The first-order chi connectivity index (χ1) is 7.74. The van der Waals surface area contributed by atoms with Gasteiger partial charge in [-0.3, -0.25) is 9.69 Å². The second kappa shape index (κ2) is 6.51. The summed E-state index contributed by atoms with van der Waals surface area (Å²) >= 11 is 0. The number of piperazine rings is 1. The Morgan fingerprint density at radius 2 is 2.44 bits per heavy atom. The Morgan fingerprint density at radius 3 is 3.00 bits per heavy atom. The molecule has 1 rings (SSSR count). The molecule has 1 aliphatic heterocycles. The third-order valence-corrected chi connectivity index (χ3v) is 2.92. The highest BCUT2D eigenvalue weighted by Gasteiger charge is 2.31. The molecular formula is C12H21N3O. The molecule has 2 atom stereocenters. The van der Waals surface area contributed by atoms with Crippen molar-refractivity contribution in [1.82, 2.24) is 15.5 Å². The maximum atomic E-state index is 11.9. The van der Waals surface area contributed by atoms with Crippen molar-refractivity contribution in [2.75, 3.05) is 26.2 Å². The Hall–Kier alpha value is -1.05. The van der Waals surface area contributed by atoms with Gasteiger partial charge in [0.05, 0.1) is 6.04 Å². The lowest BCUT2D eigenvalue weighted by Gasteiger charge is -2.38. The molecule has 1 fully saturated rings. The molecule has 16 heavy (non-hydrogen) atoms. The highest BCUT2D eigenvalue weighted by Crippen LogP contribution is 2.11. The molecule has 1 amide bonds. The smallest absolute Gasteiger partial charge is 0.238 e. The van der Waals surface area contributed by atoms with Crippen molar-refractivity contribution in [2.45, 2.75) is 32.4 Å². The summed E-state index contributed by atoms with van der Waals surface area (Å²) in [6, 6.07) is -0.0654. The minimum Gasteiger partial charge on any atom is -0.355 e. The Balaban J connectivity index is 2.70. The predicted molar refractivity (Wildman–Crippen MR) is 65.0 cm³/mol. The number of amides is 1. The summed E-state index contributed by atoms with van der Waals surface area (Å²) in [5, 5.41) is 6.10. The van der Waals surface area contributed by atoms with E-state index in [1.165, 1.54) is 0 Å². The number of hydrogen-bond acceptors (Lipinski definition) is 3. The lowest BCUT2D eigenvalue weighted by atomic mass is 10.1. The average Bonchev–Trinajstić information content (AvgIpc) is 2.31. The summed E-state index contributed by atoms with van der Waals surface area (Å²) in [4.78, 5) is 14.0. The molecule has 4 heteroatoms. The SMILES string of the molecule is C#CC(CC)N1CCNCC1C(=O)NCC. The fraction of sp³-hybridized carbons (Fsp3) is 0.750. The van der Waals surface area contributed by atoms with Gasteiger partial charge in [-0.05, 0) is 13.3 Å². The van der Waals surface area contributed by atoms with E-state index in [0.29, 0.717) is 13.1 Å². The molecule has 0 bridgehead atoms. The van der Waals surface area contributed by atoms with E-state index in [4.69, 9.17) is 6.42 Å². The number of terminal acetylenes is 1. The molecule has 0 aromatic heterocycles. The van der Waals surface area contributed by atoms with Gasteiger partial charge in [0.25, 0.3) is 0 Å². The fourth-order valence-electron chi connectivity index (χ4n) is 2.08. The van der Waals surface area contributed by atoms with Crippen LogP contribution in [-0.4, -0.2) is 49.1 Å². The molecule has 0 aromatic rings. The zero-order chi connectivity index (χ0) is 12.0. The predicted octanol–water partition coefficient (Wildman–Crippen LogP) is -0.192. The van der Waals surface area contributed by atoms with E-state index in [2.05, 4.69) is 28.4 Å². The fourth-order valence-corrected chi connectivity index (χ4v) is 2.08. The second-order valence-electron chi connectivity index (χ2n) is 3.94. The summed E-state index contributed by atoms with van der Waals surface area (Å²) in [6.07, 6.45) is 6.39. The quantitative estimate of drug-likeness (QED) is 0.649. The average molecular weight is 223 g/mol. The van der Waals surface area contributed by atoms with Crippen LogP contribution < -0.4 is 10.6 Å². The van der Waals surface area contributed by atoms with E-state index in [-0.39, 0.29) is 18.0 Å². The van der Waals surface area contributed by atoms with Crippen LogP contribution in [-0.2, 0) is 4.79 Å². The van der Waals surface area contributed by atoms with Crippen molar-refractivity contribution in [1.29, 1.82) is 0 Å². The minimum absolute atomic E-state index is 0.0645. The second-order valence-corrected chi connectivity index (χ2v) is 3.94. The summed E-state index contributed by atoms with van der Waals surface area (Å²) in [7, 11) is 0. The molecule has 4 nitrogen and oxygen atoms in total. The zero-order valence-electron chi connectivity index (χ0n) is 10.1. The lowest BCUT2D eigenvalue weighted by molar-refractivity contribution is -0.127. The summed E-state index contributed by atoms with van der Waals surface area (Å²) in [5.74, 6) is 2.84. The summed E-state index contributed by atoms with van der Waals surface area (Å²) < 4.78 is 0. The number of hydrogen-bond donors (Lipinski definition) is 2. The number of likely N-dealkylation sites (N-methyl/N-ethyl adjacent to an activating group) is 1. The van der Waals surface area contributed by atoms with Crippen LogP contribution in [0.2, 0.25) is 0 Å². The molecular weight excluding hydrogens is 202 g/mol. The maximum Gasteiger partial charge on any atom is 0.238 e. The molecule has 2 unspecified atom stereocenters. The van der Waals surface area contributed by atoms with Gasteiger partial charge in [-0.1, -0.05) is 12.8 Å². The minimum atomic E-state index is -0.130. The molecule has 0 spiro atoms. The van der Waals surface area contributed by atoms with Gasteiger partial charge in [-0.15, -0.1) is 6.42 Å². The molecule has 1 aliphatic rings. The van der Waals surface area contributed by atoms with Gasteiger partial charge >= 0.3 is 0 Å². The van der Waals surface area contributed by atoms with Crippen molar-refractivity contribution in [3.8, 4) is 12.3 Å². The van der Waals surface area contributed by atoms with Gasteiger partial charge < -0.3 is 10.6 Å². The van der Waals surface area contributed by atoms with Gasteiger partial charge in [-0.2, -0.15) is 0 Å². The van der Waals surface area contributed by atoms with Crippen molar-refractivity contribution in [3.05, 3.63) is 0 Å². The molecule has 1 saturated heterocycles. The van der Waals surface area contributed by atoms with Crippen LogP contribution in [0.5, 0.6) is 0 Å². The highest BCUT2D eigenvalue weighted by molar-refractivity contribution is 5.82. The molecule has 0 radical (unpaired) electrons. The van der Waals surface area contributed by atoms with Crippen molar-refractivity contribution in [2.24, 2.45) is 0 Å². The van der Waals surface area contributed by atoms with Crippen LogP contribution in [0.15, 0.2) is 0 Å². The van der Waals surface area contributed by atoms with Gasteiger partial charge in [0.15, 0.2) is 0 Å². The van der Waals surface area contributed by atoms with Gasteiger partial charge in [0.1, 0.15) is 6.04 Å². The van der Waals surface area contributed by atoms with E-state index < -0.39 is 0 Å². The van der Waals surface area contributed by atoms with Gasteiger partial charge in [-0.25, -0.2) is 0 Å².